The molecule has 0 aliphatic heterocycles. The minimum atomic E-state index is -1.01. The molecule has 2 aromatic carbocycles. The number of nitrogens with zero attached hydrogens (tertiary/aromatic N) is 1. The molecule has 0 bridgehead atoms. The number of aliphatic hydroxyl groups is 1. The van der Waals surface area contributed by atoms with Crippen LogP contribution in [0.2, 0.25) is 0 Å². The summed E-state index contributed by atoms with van der Waals surface area (Å²) in [5.41, 5.74) is 0.246. The molecule has 18 heavy (non-hydrogen) atoms. The first-order valence-corrected chi connectivity index (χ1v) is 5.26. The summed E-state index contributed by atoms with van der Waals surface area (Å²) in [6.45, 7) is 0. The van der Waals surface area contributed by atoms with Crippen molar-refractivity contribution in [3.05, 3.63) is 75.6 Å². The van der Waals surface area contributed by atoms with Crippen LogP contribution in [-0.4, -0.2) is 10.0 Å². The molecule has 4 nitrogen and oxygen atoms in total. The summed E-state index contributed by atoms with van der Waals surface area (Å²) in [5, 5.41) is 20.7. The molecule has 1 atom stereocenters. The monoisotopic (exact) mass is 247 g/mol. The van der Waals surface area contributed by atoms with E-state index in [0.717, 1.165) is 12.1 Å². The average molecular weight is 247 g/mol. The highest BCUT2D eigenvalue weighted by atomic mass is 19.1. The van der Waals surface area contributed by atoms with Crippen molar-refractivity contribution in [3.8, 4) is 0 Å². The van der Waals surface area contributed by atoms with Crippen LogP contribution in [0.25, 0.3) is 0 Å². The molecule has 92 valence electrons. The highest BCUT2D eigenvalue weighted by Gasteiger charge is 2.18. The smallest absolute Gasteiger partial charge is 0.305 e. The van der Waals surface area contributed by atoms with Gasteiger partial charge in [-0.15, -0.1) is 0 Å². The zero-order valence-electron chi connectivity index (χ0n) is 9.29. The number of halogens is 1. The molecule has 0 heterocycles. The lowest BCUT2D eigenvalue weighted by molar-refractivity contribution is -0.387. The van der Waals surface area contributed by atoms with Crippen molar-refractivity contribution in [1.82, 2.24) is 0 Å². The van der Waals surface area contributed by atoms with E-state index in [1.54, 1.807) is 30.3 Å². The second kappa shape index (κ2) is 4.93. The Kier molecular flexibility index (Phi) is 3.34. The molecule has 5 heteroatoms. The van der Waals surface area contributed by atoms with Gasteiger partial charge in [0.1, 0.15) is 6.10 Å². The summed E-state index contributed by atoms with van der Waals surface area (Å²) in [4.78, 5) is 9.81. The molecule has 0 spiro atoms. The fourth-order valence-electron chi connectivity index (χ4n) is 1.67. The standard InChI is InChI=1S/C13H10FNO3/c14-11-7-6-10(8-12(11)15(17)18)13(16)9-4-2-1-3-5-9/h1-8,13,16H. The summed E-state index contributed by atoms with van der Waals surface area (Å²) >= 11 is 0. The van der Waals surface area contributed by atoms with Gasteiger partial charge < -0.3 is 5.11 Å². The summed E-state index contributed by atoms with van der Waals surface area (Å²) in [6.07, 6.45) is -1.01. The lowest BCUT2D eigenvalue weighted by Gasteiger charge is -2.11. The van der Waals surface area contributed by atoms with Gasteiger partial charge in [0, 0.05) is 6.07 Å². The third-order valence-electron chi connectivity index (χ3n) is 2.60. The van der Waals surface area contributed by atoms with Crippen LogP contribution in [0.4, 0.5) is 10.1 Å². The molecule has 0 aliphatic rings. The van der Waals surface area contributed by atoms with E-state index in [9.17, 15) is 19.6 Å². The van der Waals surface area contributed by atoms with Crippen molar-refractivity contribution in [3.63, 3.8) is 0 Å². The van der Waals surface area contributed by atoms with Crippen molar-refractivity contribution in [2.45, 2.75) is 6.10 Å². The van der Waals surface area contributed by atoms with Crippen LogP contribution in [0.3, 0.4) is 0 Å². The normalized spacial score (nSPS) is 12.1. The third-order valence-corrected chi connectivity index (χ3v) is 2.60. The van der Waals surface area contributed by atoms with Gasteiger partial charge >= 0.3 is 5.69 Å². The number of rotatable bonds is 3. The molecule has 0 amide bonds. The molecule has 1 N–H and O–H groups in total. The van der Waals surface area contributed by atoms with E-state index in [4.69, 9.17) is 0 Å². The second-order valence-electron chi connectivity index (χ2n) is 3.78. The molecule has 0 saturated heterocycles. The van der Waals surface area contributed by atoms with Crippen LogP contribution < -0.4 is 0 Å². The molecule has 0 aromatic heterocycles. The Labute approximate surface area is 102 Å². The molecule has 1 unspecified atom stereocenters. The quantitative estimate of drug-likeness (QED) is 0.670. The van der Waals surface area contributed by atoms with E-state index < -0.39 is 22.5 Å². The molecule has 0 aliphatic carbocycles. The first-order valence-electron chi connectivity index (χ1n) is 5.26. The third kappa shape index (κ3) is 2.36. The lowest BCUT2D eigenvalue weighted by atomic mass is 10.0. The largest absolute Gasteiger partial charge is 0.384 e. The van der Waals surface area contributed by atoms with Crippen LogP contribution in [-0.2, 0) is 0 Å². The Morgan fingerprint density at radius 3 is 2.39 bits per heavy atom. The Bertz CT molecular complexity index is 572. The lowest BCUT2D eigenvalue weighted by Crippen LogP contribution is -2.01. The van der Waals surface area contributed by atoms with Gasteiger partial charge in [0.15, 0.2) is 0 Å². The number of hydrogen-bond donors (Lipinski definition) is 1. The van der Waals surface area contributed by atoms with Crippen LogP contribution in [0, 0.1) is 15.9 Å². The Hall–Kier alpha value is -2.27. The summed E-state index contributed by atoms with van der Waals surface area (Å²) < 4.78 is 13.2. The number of hydrogen-bond acceptors (Lipinski definition) is 3. The topological polar surface area (TPSA) is 63.4 Å². The number of nitro groups is 1. The predicted molar refractivity (Wildman–Crippen MR) is 63.6 cm³/mol. The number of benzene rings is 2. The van der Waals surface area contributed by atoms with E-state index >= 15 is 0 Å². The van der Waals surface area contributed by atoms with Gasteiger partial charge in [-0.05, 0) is 17.2 Å². The Balaban J connectivity index is 2.40. The summed E-state index contributed by atoms with van der Waals surface area (Å²) in [6, 6.07) is 12.0. The first-order chi connectivity index (χ1) is 8.59. The molecule has 0 radical (unpaired) electrons. The maximum atomic E-state index is 13.2. The fraction of sp³-hybridized carbons (Fsp3) is 0.0769. The van der Waals surface area contributed by atoms with Crippen molar-refractivity contribution < 1.29 is 14.4 Å². The molecule has 0 fully saturated rings. The zero-order valence-corrected chi connectivity index (χ0v) is 9.29. The van der Waals surface area contributed by atoms with Crippen LogP contribution in [0.15, 0.2) is 48.5 Å². The second-order valence-corrected chi connectivity index (χ2v) is 3.78. The molecular weight excluding hydrogens is 237 g/mol. The van der Waals surface area contributed by atoms with Gasteiger partial charge in [0.25, 0.3) is 0 Å². The van der Waals surface area contributed by atoms with Gasteiger partial charge in [0.05, 0.1) is 4.92 Å². The van der Waals surface area contributed by atoms with Crippen LogP contribution in [0.1, 0.15) is 17.2 Å². The maximum absolute atomic E-state index is 13.2. The van der Waals surface area contributed by atoms with Crippen LogP contribution >= 0.6 is 0 Å². The fourth-order valence-corrected chi connectivity index (χ4v) is 1.67. The molecule has 2 aromatic rings. The van der Waals surface area contributed by atoms with E-state index in [1.165, 1.54) is 6.07 Å². The minimum Gasteiger partial charge on any atom is -0.384 e. The van der Waals surface area contributed by atoms with Gasteiger partial charge in [-0.25, -0.2) is 0 Å². The van der Waals surface area contributed by atoms with Crippen molar-refractivity contribution in [2.24, 2.45) is 0 Å². The SMILES string of the molecule is O=[N+]([O-])c1cc(C(O)c2ccccc2)ccc1F. The van der Waals surface area contributed by atoms with E-state index in [1.807, 2.05) is 0 Å². The zero-order chi connectivity index (χ0) is 13.1. The first kappa shape index (κ1) is 12.2. The molecule has 2 rings (SSSR count). The van der Waals surface area contributed by atoms with Crippen molar-refractivity contribution in [1.29, 1.82) is 0 Å². The van der Waals surface area contributed by atoms with Gasteiger partial charge in [-0.3, -0.25) is 10.1 Å². The van der Waals surface area contributed by atoms with Gasteiger partial charge in [-0.1, -0.05) is 36.4 Å². The predicted octanol–water partition coefficient (Wildman–Crippen LogP) is 2.82. The summed E-state index contributed by atoms with van der Waals surface area (Å²) in [5.74, 6) is -0.913. The Morgan fingerprint density at radius 1 is 1.11 bits per heavy atom. The van der Waals surface area contributed by atoms with E-state index in [-0.39, 0.29) is 5.56 Å². The average Bonchev–Trinajstić information content (AvgIpc) is 2.39. The van der Waals surface area contributed by atoms with E-state index in [0.29, 0.717) is 5.56 Å². The summed E-state index contributed by atoms with van der Waals surface area (Å²) in [7, 11) is 0. The number of nitro benzene ring substituents is 1. The van der Waals surface area contributed by atoms with Crippen molar-refractivity contribution >= 4 is 5.69 Å². The Morgan fingerprint density at radius 2 is 1.78 bits per heavy atom. The minimum absolute atomic E-state index is 0.286. The van der Waals surface area contributed by atoms with Crippen LogP contribution in [0.5, 0.6) is 0 Å². The van der Waals surface area contributed by atoms with Crippen molar-refractivity contribution in [2.75, 3.05) is 0 Å². The molecular formula is C13H10FNO3. The van der Waals surface area contributed by atoms with E-state index in [2.05, 4.69) is 0 Å². The highest BCUT2D eigenvalue weighted by Crippen LogP contribution is 2.26. The highest BCUT2D eigenvalue weighted by molar-refractivity contribution is 5.40. The van der Waals surface area contributed by atoms with Gasteiger partial charge in [0.2, 0.25) is 5.82 Å². The maximum Gasteiger partial charge on any atom is 0.305 e. The van der Waals surface area contributed by atoms with Gasteiger partial charge in [-0.2, -0.15) is 4.39 Å². The molecule has 0 saturated carbocycles. The number of aliphatic hydroxyl groups excluding tert-OH is 1.